The van der Waals surface area contributed by atoms with Crippen LogP contribution in [0.3, 0.4) is 0 Å². The fourth-order valence-electron chi connectivity index (χ4n) is 3.18. The van der Waals surface area contributed by atoms with E-state index in [9.17, 15) is 8.42 Å². The zero-order chi connectivity index (χ0) is 19.1. The number of hydrogen-bond donors (Lipinski definition) is 1. The first-order valence-electron chi connectivity index (χ1n) is 9.13. The van der Waals surface area contributed by atoms with E-state index in [1.807, 2.05) is 18.2 Å². The van der Waals surface area contributed by atoms with Gasteiger partial charge in [-0.3, -0.25) is 4.90 Å². The Labute approximate surface area is 166 Å². The lowest BCUT2D eigenvalue weighted by atomic mass is 10.1. The van der Waals surface area contributed by atoms with Crippen LogP contribution in [0.5, 0.6) is 0 Å². The summed E-state index contributed by atoms with van der Waals surface area (Å²) in [6.07, 6.45) is 0.834. The summed E-state index contributed by atoms with van der Waals surface area (Å²) >= 11 is 6.05. The number of sulfonamides is 1. The molecule has 3 rings (SSSR count). The molecule has 1 unspecified atom stereocenters. The summed E-state index contributed by atoms with van der Waals surface area (Å²) in [5.41, 5.74) is 1.80. The van der Waals surface area contributed by atoms with E-state index in [1.54, 1.807) is 24.3 Å². The summed E-state index contributed by atoms with van der Waals surface area (Å²) in [5.74, 6) is -0.0969. The van der Waals surface area contributed by atoms with Crippen molar-refractivity contribution in [2.24, 2.45) is 0 Å². The lowest BCUT2D eigenvalue weighted by Crippen LogP contribution is -2.39. The highest BCUT2D eigenvalue weighted by molar-refractivity contribution is 7.88. The summed E-state index contributed by atoms with van der Waals surface area (Å²) in [5, 5.41) is 0.475. The van der Waals surface area contributed by atoms with Gasteiger partial charge in [0, 0.05) is 24.7 Å². The first-order chi connectivity index (χ1) is 13.0. The molecule has 2 aromatic rings. The summed E-state index contributed by atoms with van der Waals surface area (Å²) in [6, 6.07) is 17.2. The first-order valence-corrected chi connectivity index (χ1v) is 11.2. The molecule has 146 valence electrons. The second-order valence-electron chi connectivity index (χ2n) is 6.67. The van der Waals surface area contributed by atoms with Gasteiger partial charge in [-0.15, -0.1) is 0 Å². The summed E-state index contributed by atoms with van der Waals surface area (Å²) in [4.78, 5) is 2.32. The maximum atomic E-state index is 12.2. The SMILES string of the molecule is O=S(=O)(Cc1ccccc1Cl)NCCCN1CCOC(c2ccccc2)C1. The molecule has 1 aliphatic heterocycles. The Morgan fingerprint density at radius 1 is 1.11 bits per heavy atom. The van der Waals surface area contributed by atoms with E-state index in [2.05, 4.69) is 21.8 Å². The molecule has 27 heavy (non-hydrogen) atoms. The van der Waals surface area contributed by atoms with Gasteiger partial charge in [0.25, 0.3) is 0 Å². The molecule has 7 heteroatoms. The van der Waals surface area contributed by atoms with Crippen LogP contribution in [0.25, 0.3) is 0 Å². The Morgan fingerprint density at radius 3 is 2.63 bits per heavy atom. The summed E-state index contributed by atoms with van der Waals surface area (Å²) in [6.45, 7) is 3.64. The number of ether oxygens (including phenoxy) is 1. The Hall–Kier alpha value is -1.44. The van der Waals surface area contributed by atoms with Gasteiger partial charge in [0.2, 0.25) is 10.0 Å². The van der Waals surface area contributed by atoms with Crippen molar-refractivity contribution < 1.29 is 13.2 Å². The molecule has 0 radical (unpaired) electrons. The third-order valence-corrected chi connectivity index (χ3v) is 6.30. The van der Waals surface area contributed by atoms with Crippen LogP contribution in [-0.2, 0) is 20.5 Å². The molecule has 0 bridgehead atoms. The normalized spacial score (nSPS) is 18.5. The molecule has 1 fully saturated rings. The van der Waals surface area contributed by atoms with Crippen LogP contribution in [0.1, 0.15) is 23.7 Å². The molecule has 0 saturated carbocycles. The van der Waals surface area contributed by atoms with Crippen LogP contribution in [0.2, 0.25) is 5.02 Å². The van der Waals surface area contributed by atoms with Gasteiger partial charge in [-0.1, -0.05) is 60.1 Å². The molecule has 1 saturated heterocycles. The lowest BCUT2D eigenvalue weighted by molar-refractivity contribution is -0.0300. The standard InChI is InChI=1S/C20H25ClN2O3S/c21-19-10-5-4-9-18(19)16-27(24,25)22-11-6-12-23-13-14-26-20(15-23)17-7-2-1-3-8-17/h1-5,7-10,20,22H,6,11-16H2. The zero-order valence-electron chi connectivity index (χ0n) is 15.2. The lowest BCUT2D eigenvalue weighted by Gasteiger charge is -2.33. The second kappa shape index (κ2) is 9.66. The average Bonchev–Trinajstić information content (AvgIpc) is 2.68. The molecule has 2 aromatic carbocycles. The first kappa shape index (κ1) is 20.3. The molecule has 0 aliphatic carbocycles. The van der Waals surface area contributed by atoms with Crippen molar-refractivity contribution in [2.75, 3.05) is 32.8 Å². The van der Waals surface area contributed by atoms with E-state index >= 15 is 0 Å². The largest absolute Gasteiger partial charge is 0.371 e. The molecule has 1 atom stereocenters. The van der Waals surface area contributed by atoms with Gasteiger partial charge in [-0.05, 0) is 30.2 Å². The van der Waals surface area contributed by atoms with Gasteiger partial charge in [0.1, 0.15) is 0 Å². The van der Waals surface area contributed by atoms with E-state index in [0.717, 1.165) is 26.1 Å². The maximum Gasteiger partial charge on any atom is 0.215 e. The monoisotopic (exact) mass is 408 g/mol. The number of rotatable bonds is 8. The Bertz CT molecular complexity index is 830. The number of hydrogen-bond acceptors (Lipinski definition) is 4. The van der Waals surface area contributed by atoms with Crippen molar-refractivity contribution in [3.63, 3.8) is 0 Å². The van der Waals surface area contributed by atoms with Gasteiger partial charge >= 0.3 is 0 Å². The van der Waals surface area contributed by atoms with Crippen molar-refractivity contribution in [2.45, 2.75) is 18.3 Å². The molecule has 1 N–H and O–H groups in total. The fraction of sp³-hybridized carbons (Fsp3) is 0.400. The zero-order valence-corrected chi connectivity index (χ0v) is 16.8. The van der Waals surface area contributed by atoms with Crippen LogP contribution in [-0.4, -0.2) is 46.1 Å². The number of benzene rings is 2. The van der Waals surface area contributed by atoms with Gasteiger partial charge in [0.05, 0.1) is 18.5 Å². The van der Waals surface area contributed by atoms with Gasteiger partial charge in [-0.25, -0.2) is 13.1 Å². The second-order valence-corrected chi connectivity index (χ2v) is 8.88. The molecule has 1 aliphatic rings. The third kappa shape index (κ3) is 6.30. The van der Waals surface area contributed by atoms with E-state index < -0.39 is 10.0 Å². The molecule has 5 nitrogen and oxygen atoms in total. The fourth-order valence-corrected chi connectivity index (χ4v) is 4.68. The minimum atomic E-state index is -3.39. The van der Waals surface area contributed by atoms with Crippen LogP contribution in [0.4, 0.5) is 0 Å². The van der Waals surface area contributed by atoms with Crippen molar-refractivity contribution in [1.29, 1.82) is 0 Å². The highest BCUT2D eigenvalue weighted by Crippen LogP contribution is 2.22. The number of morpholine rings is 1. The quantitative estimate of drug-likeness (QED) is 0.681. The number of halogens is 1. The van der Waals surface area contributed by atoms with Crippen LogP contribution < -0.4 is 4.72 Å². The predicted octanol–water partition coefficient (Wildman–Crippen LogP) is 3.22. The predicted molar refractivity (Wildman–Crippen MR) is 108 cm³/mol. The minimum Gasteiger partial charge on any atom is -0.371 e. The highest BCUT2D eigenvalue weighted by atomic mass is 35.5. The van der Waals surface area contributed by atoms with Crippen molar-refractivity contribution in [3.8, 4) is 0 Å². The molecular formula is C20H25ClN2O3S. The molecule has 1 heterocycles. The van der Waals surface area contributed by atoms with Crippen molar-refractivity contribution in [3.05, 3.63) is 70.7 Å². The van der Waals surface area contributed by atoms with Crippen LogP contribution in [0, 0.1) is 0 Å². The topological polar surface area (TPSA) is 58.6 Å². The Morgan fingerprint density at radius 2 is 1.85 bits per heavy atom. The van der Waals surface area contributed by atoms with E-state index in [4.69, 9.17) is 16.3 Å². The van der Waals surface area contributed by atoms with E-state index in [-0.39, 0.29) is 11.9 Å². The number of nitrogens with one attached hydrogen (secondary N) is 1. The Kier molecular flexibility index (Phi) is 7.26. The maximum absolute atomic E-state index is 12.2. The van der Waals surface area contributed by atoms with Gasteiger partial charge in [-0.2, -0.15) is 0 Å². The van der Waals surface area contributed by atoms with E-state index in [1.165, 1.54) is 5.56 Å². The Balaban J connectivity index is 1.42. The summed E-state index contributed by atoms with van der Waals surface area (Å²) in [7, 11) is -3.39. The van der Waals surface area contributed by atoms with Crippen molar-refractivity contribution in [1.82, 2.24) is 9.62 Å². The average molecular weight is 409 g/mol. The van der Waals surface area contributed by atoms with Crippen LogP contribution >= 0.6 is 11.6 Å². The third-order valence-electron chi connectivity index (χ3n) is 4.60. The van der Waals surface area contributed by atoms with Gasteiger partial charge in [0.15, 0.2) is 0 Å². The smallest absolute Gasteiger partial charge is 0.215 e. The minimum absolute atomic E-state index is 0.0804. The van der Waals surface area contributed by atoms with Crippen LogP contribution in [0.15, 0.2) is 54.6 Å². The molecular weight excluding hydrogens is 384 g/mol. The molecule has 0 amide bonds. The summed E-state index contributed by atoms with van der Waals surface area (Å²) < 4.78 is 33.0. The number of nitrogens with zero attached hydrogens (tertiary/aromatic N) is 1. The van der Waals surface area contributed by atoms with Gasteiger partial charge < -0.3 is 4.74 Å². The molecule has 0 spiro atoms. The van der Waals surface area contributed by atoms with Crippen molar-refractivity contribution >= 4 is 21.6 Å². The molecule has 0 aromatic heterocycles. The van der Waals surface area contributed by atoms with E-state index in [0.29, 0.717) is 23.7 Å². The highest BCUT2D eigenvalue weighted by Gasteiger charge is 2.21.